The van der Waals surface area contributed by atoms with Crippen molar-refractivity contribution in [1.29, 1.82) is 0 Å². The predicted molar refractivity (Wildman–Crippen MR) is 118 cm³/mol. The van der Waals surface area contributed by atoms with Crippen molar-refractivity contribution in [2.24, 2.45) is 0 Å². The highest BCUT2D eigenvalue weighted by molar-refractivity contribution is 5.83. The summed E-state index contributed by atoms with van der Waals surface area (Å²) >= 11 is 0. The summed E-state index contributed by atoms with van der Waals surface area (Å²) in [4.78, 5) is 14.4. The molecule has 0 amide bonds. The van der Waals surface area contributed by atoms with E-state index in [2.05, 4.69) is 6.92 Å². The molecular formula is C25H27F3NO4+. The number of hydrogen-bond acceptors (Lipinski definition) is 4. The second-order valence-corrected chi connectivity index (χ2v) is 8.88. The van der Waals surface area contributed by atoms with Gasteiger partial charge >= 0.3 is 6.18 Å². The predicted octanol–water partition coefficient (Wildman–Crippen LogP) is 4.88. The number of quaternary nitrogens is 1. The fourth-order valence-electron chi connectivity index (χ4n) is 4.41. The van der Waals surface area contributed by atoms with Gasteiger partial charge in [0.15, 0.2) is 5.58 Å². The molecule has 2 heterocycles. The molecule has 0 radical (unpaired) electrons. The van der Waals surface area contributed by atoms with E-state index in [-0.39, 0.29) is 40.6 Å². The lowest BCUT2D eigenvalue weighted by molar-refractivity contribution is -0.941. The minimum atomic E-state index is -4.96. The Hall–Kier alpha value is -3.00. The van der Waals surface area contributed by atoms with Crippen LogP contribution in [0, 0.1) is 13.8 Å². The molecule has 2 atom stereocenters. The molecule has 0 spiro atoms. The van der Waals surface area contributed by atoms with Gasteiger partial charge in [-0.3, -0.25) is 4.79 Å². The Morgan fingerprint density at radius 2 is 1.94 bits per heavy atom. The molecule has 176 valence electrons. The lowest BCUT2D eigenvalue weighted by atomic mass is 10.0. The van der Waals surface area contributed by atoms with Crippen LogP contribution in [0.3, 0.4) is 0 Å². The molecule has 1 fully saturated rings. The summed E-state index contributed by atoms with van der Waals surface area (Å²) in [6, 6.07) is 7.98. The van der Waals surface area contributed by atoms with E-state index < -0.39 is 23.1 Å². The number of rotatable bonds is 4. The fraction of sp³-hybridized carbons (Fsp3) is 0.400. The molecule has 1 aliphatic heterocycles. The molecule has 0 saturated carbocycles. The van der Waals surface area contributed by atoms with E-state index in [9.17, 15) is 23.1 Å². The first kappa shape index (κ1) is 23.2. The number of likely N-dealkylation sites (tertiary alicyclic amines) is 1. The summed E-state index contributed by atoms with van der Waals surface area (Å²) in [7, 11) is 0. The standard InChI is InChI=1S/C25H26F3NO4/c1-14-7-8-15(2)20(12-14)32-23-21(31)17-9-10-19(30)18(13-29-11-5-4-6-16(29)3)22(17)33-24(23)25(26,27)28/h7-10,12,16,30H,4-6,11,13H2,1-3H3/p+1. The Labute approximate surface area is 189 Å². The van der Waals surface area contributed by atoms with Gasteiger partial charge in [-0.2, -0.15) is 13.2 Å². The van der Waals surface area contributed by atoms with Gasteiger partial charge in [-0.05, 0) is 69.4 Å². The number of phenols is 1. The number of hydrogen-bond donors (Lipinski definition) is 2. The number of ether oxygens (including phenoxy) is 1. The molecule has 4 rings (SSSR count). The van der Waals surface area contributed by atoms with Crippen molar-refractivity contribution >= 4 is 11.0 Å². The molecule has 33 heavy (non-hydrogen) atoms. The molecule has 2 unspecified atom stereocenters. The number of aryl methyl sites for hydroxylation is 2. The molecule has 0 aliphatic carbocycles. The van der Waals surface area contributed by atoms with Crippen LogP contribution in [-0.2, 0) is 12.7 Å². The summed E-state index contributed by atoms with van der Waals surface area (Å²) in [5.41, 5.74) is 0.401. The van der Waals surface area contributed by atoms with Gasteiger partial charge in [-0.1, -0.05) is 12.1 Å². The van der Waals surface area contributed by atoms with E-state index in [1.807, 2.05) is 0 Å². The van der Waals surface area contributed by atoms with Crippen molar-refractivity contribution in [1.82, 2.24) is 0 Å². The summed E-state index contributed by atoms with van der Waals surface area (Å²) < 4.78 is 52.9. The van der Waals surface area contributed by atoms with Gasteiger partial charge in [0.25, 0.3) is 5.76 Å². The number of benzene rings is 2. The van der Waals surface area contributed by atoms with E-state index in [1.54, 1.807) is 32.0 Å². The summed E-state index contributed by atoms with van der Waals surface area (Å²) in [6.45, 7) is 6.63. The maximum Gasteiger partial charge on any atom is 0.453 e. The van der Waals surface area contributed by atoms with Crippen LogP contribution in [0.1, 0.15) is 48.6 Å². The first-order valence-electron chi connectivity index (χ1n) is 11.0. The van der Waals surface area contributed by atoms with Crippen LogP contribution >= 0.6 is 0 Å². The Bertz CT molecular complexity index is 1250. The van der Waals surface area contributed by atoms with Crippen LogP contribution in [0.4, 0.5) is 13.2 Å². The quantitative estimate of drug-likeness (QED) is 0.580. The average molecular weight is 462 g/mol. The van der Waals surface area contributed by atoms with Gasteiger partial charge in [0.05, 0.1) is 23.5 Å². The average Bonchev–Trinajstić information content (AvgIpc) is 2.75. The van der Waals surface area contributed by atoms with Gasteiger partial charge in [-0.25, -0.2) is 0 Å². The molecule has 5 nitrogen and oxygen atoms in total. The van der Waals surface area contributed by atoms with Crippen LogP contribution in [0.5, 0.6) is 17.2 Å². The van der Waals surface area contributed by atoms with Crippen LogP contribution in [0.2, 0.25) is 0 Å². The Kier molecular flexibility index (Phi) is 6.14. The third-order valence-electron chi connectivity index (χ3n) is 6.40. The zero-order chi connectivity index (χ0) is 23.9. The zero-order valence-corrected chi connectivity index (χ0v) is 18.8. The highest BCUT2D eigenvalue weighted by atomic mass is 19.4. The fourth-order valence-corrected chi connectivity index (χ4v) is 4.41. The second kappa shape index (κ2) is 8.74. The zero-order valence-electron chi connectivity index (χ0n) is 18.8. The maximum absolute atomic E-state index is 14.0. The van der Waals surface area contributed by atoms with Crippen LogP contribution in [-0.4, -0.2) is 17.7 Å². The number of piperidine rings is 1. The number of halogens is 3. The normalized spacial score (nSPS) is 19.1. The van der Waals surface area contributed by atoms with Crippen molar-refractivity contribution < 1.29 is 32.3 Å². The van der Waals surface area contributed by atoms with Crippen LogP contribution in [0.15, 0.2) is 39.5 Å². The highest BCUT2D eigenvalue weighted by Gasteiger charge is 2.41. The second-order valence-electron chi connectivity index (χ2n) is 8.88. The topological polar surface area (TPSA) is 64.1 Å². The van der Waals surface area contributed by atoms with Crippen LogP contribution in [0.25, 0.3) is 11.0 Å². The van der Waals surface area contributed by atoms with Gasteiger partial charge in [0.1, 0.15) is 18.0 Å². The summed E-state index contributed by atoms with van der Waals surface area (Å²) in [6.07, 6.45) is -1.88. The molecule has 2 N–H and O–H groups in total. The summed E-state index contributed by atoms with van der Waals surface area (Å²) in [5, 5.41) is 10.4. The number of phenolic OH excluding ortho intramolecular Hbond substituents is 1. The molecule has 8 heteroatoms. The monoisotopic (exact) mass is 462 g/mol. The minimum absolute atomic E-state index is 0.0554. The number of fused-ring (bicyclic) bond motifs is 1. The van der Waals surface area contributed by atoms with E-state index in [1.165, 1.54) is 12.1 Å². The van der Waals surface area contributed by atoms with E-state index in [0.29, 0.717) is 5.56 Å². The molecule has 0 bridgehead atoms. The van der Waals surface area contributed by atoms with Gasteiger partial charge in [0.2, 0.25) is 11.2 Å². The Morgan fingerprint density at radius 3 is 2.64 bits per heavy atom. The molecule has 2 aromatic carbocycles. The van der Waals surface area contributed by atoms with Gasteiger partial charge < -0.3 is 19.2 Å². The van der Waals surface area contributed by atoms with Gasteiger partial charge in [0, 0.05) is 0 Å². The SMILES string of the molecule is Cc1ccc(C)c(Oc2c(C(F)(F)F)oc3c(C[NH+]4CCCCC4C)c(O)ccc3c2=O)c1. The maximum atomic E-state index is 14.0. The molecule has 1 aliphatic rings. The molecule has 3 aromatic rings. The molecule has 1 saturated heterocycles. The van der Waals surface area contributed by atoms with Crippen molar-refractivity contribution in [3.63, 3.8) is 0 Å². The number of nitrogens with one attached hydrogen (secondary N) is 1. The van der Waals surface area contributed by atoms with Gasteiger partial charge in [-0.15, -0.1) is 0 Å². The lowest BCUT2D eigenvalue weighted by Gasteiger charge is -2.30. The molecule has 1 aromatic heterocycles. The van der Waals surface area contributed by atoms with E-state index in [4.69, 9.17) is 9.15 Å². The smallest absolute Gasteiger partial charge is 0.453 e. The number of aromatic hydroxyl groups is 1. The highest BCUT2D eigenvalue weighted by Crippen LogP contribution is 2.40. The first-order valence-corrected chi connectivity index (χ1v) is 11.0. The van der Waals surface area contributed by atoms with E-state index in [0.717, 1.165) is 36.3 Å². The number of alkyl halides is 3. The van der Waals surface area contributed by atoms with Crippen molar-refractivity contribution in [2.75, 3.05) is 6.54 Å². The van der Waals surface area contributed by atoms with Crippen molar-refractivity contribution in [3.05, 3.63) is 63.0 Å². The summed E-state index contributed by atoms with van der Waals surface area (Å²) in [5.74, 6) is -2.45. The first-order chi connectivity index (χ1) is 15.6. The third kappa shape index (κ3) is 4.57. The van der Waals surface area contributed by atoms with Crippen molar-refractivity contribution in [3.8, 4) is 17.2 Å². The lowest BCUT2D eigenvalue weighted by Crippen LogP contribution is -3.14. The Balaban J connectivity index is 1.90. The third-order valence-corrected chi connectivity index (χ3v) is 6.40. The minimum Gasteiger partial charge on any atom is -0.507 e. The van der Waals surface area contributed by atoms with E-state index >= 15 is 0 Å². The molecular weight excluding hydrogens is 435 g/mol. The Morgan fingerprint density at radius 1 is 1.18 bits per heavy atom. The largest absolute Gasteiger partial charge is 0.507 e. The van der Waals surface area contributed by atoms with Crippen molar-refractivity contribution in [2.45, 2.75) is 58.8 Å². The van der Waals surface area contributed by atoms with Crippen LogP contribution < -0.4 is 15.1 Å².